The summed E-state index contributed by atoms with van der Waals surface area (Å²) in [5.41, 5.74) is 0. The second-order valence-corrected chi connectivity index (χ2v) is 2.65. The van der Waals surface area contributed by atoms with Gasteiger partial charge in [-0.1, -0.05) is 0 Å². The van der Waals surface area contributed by atoms with Crippen molar-refractivity contribution in [2.45, 2.75) is 19.4 Å². The summed E-state index contributed by atoms with van der Waals surface area (Å²) in [5.74, 6) is 0.797. The smallest absolute Gasteiger partial charge is 0.129 e. The molecule has 1 atom stereocenters. The second-order valence-electron chi connectivity index (χ2n) is 2.65. The number of hydrogen-bond donors (Lipinski definition) is 2. The van der Waals surface area contributed by atoms with E-state index in [1.807, 2.05) is 6.92 Å². The van der Waals surface area contributed by atoms with Crippen LogP contribution < -0.4 is 5.32 Å². The quantitative estimate of drug-likeness (QED) is 0.691. The number of aliphatic hydroxyl groups is 1. The number of nitrogens with one attached hydrogen (secondary N) is 1. The van der Waals surface area contributed by atoms with E-state index in [0.717, 1.165) is 12.2 Å². The lowest BCUT2D eigenvalue weighted by molar-refractivity contribution is 0.282. The predicted octanol–water partition coefficient (Wildman–Crippen LogP) is 0.659. The Hall–Kier alpha value is -1.16. The van der Waals surface area contributed by atoms with Gasteiger partial charge in [0.1, 0.15) is 12.1 Å². The highest BCUT2D eigenvalue weighted by molar-refractivity contribution is 5.32. The molecule has 0 aliphatic carbocycles. The van der Waals surface area contributed by atoms with Crippen LogP contribution >= 0.6 is 0 Å². The fraction of sp³-hybridized carbons (Fsp3) is 0.500. The molecule has 0 aliphatic rings. The summed E-state index contributed by atoms with van der Waals surface area (Å²) in [6.45, 7) is 2.19. The van der Waals surface area contributed by atoms with Crippen molar-refractivity contribution in [2.24, 2.45) is 0 Å². The molecule has 0 amide bonds. The molecule has 0 spiro atoms. The fourth-order valence-corrected chi connectivity index (χ4v) is 0.894. The zero-order valence-electron chi connectivity index (χ0n) is 7.07. The third kappa shape index (κ3) is 2.84. The molecule has 66 valence electrons. The van der Waals surface area contributed by atoms with Crippen LogP contribution in [-0.4, -0.2) is 27.7 Å². The second kappa shape index (κ2) is 4.66. The molecule has 0 saturated carbocycles. The van der Waals surface area contributed by atoms with Crippen LogP contribution in [0.5, 0.6) is 0 Å². The Morgan fingerprint density at radius 3 is 3.08 bits per heavy atom. The van der Waals surface area contributed by atoms with Crippen molar-refractivity contribution in [1.82, 2.24) is 9.97 Å². The molecular weight excluding hydrogens is 154 g/mol. The van der Waals surface area contributed by atoms with Crippen LogP contribution in [0.3, 0.4) is 0 Å². The Bertz CT molecular complexity index is 215. The zero-order chi connectivity index (χ0) is 8.81. The third-order valence-corrected chi connectivity index (χ3v) is 1.54. The van der Waals surface area contributed by atoms with E-state index in [0.29, 0.717) is 0 Å². The molecule has 12 heavy (non-hydrogen) atoms. The van der Waals surface area contributed by atoms with Gasteiger partial charge in [0, 0.05) is 18.8 Å². The van der Waals surface area contributed by atoms with Gasteiger partial charge in [0.15, 0.2) is 0 Å². The molecule has 0 aliphatic heterocycles. The summed E-state index contributed by atoms with van der Waals surface area (Å²) in [6.07, 6.45) is 3.90. The van der Waals surface area contributed by atoms with Gasteiger partial charge < -0.3 is 10.4 Å². The monoisotopic (exact) mass is 167 g/mol. The van der Waals surface area contributed by atoms with Crippen molar-refractivity contribution >= 4 is 5.82 Å². The topological polar surface area (TPSA) is 58.0 Å². The summed E-state index contributed by atoms with van der Waals surface area (Å²) in [4.78, 5) is 7.80. The van der Waals surface area contributed by atoms with E-state index in [-0.39, 0.29) is 12.6 Å². The van der Waals surface area contributed by atoms with Gasteiger partial charge >= 0.3 is 0 Å². The molecule has 2 N–H and O–H groups in total. The molecule has 1 unspecified atom stereocenters. The van der Waals surface area contributed by atoms with Crippen molar-refractivity contribution in [3.05, 3.63) is 18.6 Å². The maximum atomic E-state index is 8.64. The van der Waals surface area contributed by atoms with Crippen LogP contribution in [0, 0.1) is 0 Å². The number of rotatable bonds is 4. The number of aromatic nitrogens is 2. The average Bonchev–Trinajstić information content (AvgIpc) is 2.06. The van der Waals surface area contributed by atoms with Crippen LogP contribution in [0.15, 0.2) is 18.6 Å². The molecule has 0 radical (unpaired) electrons. The lowest BCUT2D eigenvalue weighted by atomic mass is 10.2. The maximum Gasteiger partial charge on any atom is 0.129 e. The molecule has 0 bridgehead atoms. The summed E-state index contributed by atoms with van der Waals surface area (Å²) in [5, 5.41) is 11.8. The van der Waals surface area contributed by atoms with Gasteiger partial charge in [0.05, 0.1) is 0 Å². The van der Waals surface area contributed by atoms with Crippen LogP contribution in [-0.2, 0) is 0 Å². The number of nitrogens with zero attached hydrogens (tertiary/aromatic N) is 2. The van der Waals surface area contributed by atoms with Crippen molar-refractivity contribution in [3.63, 3.8) is 0 Å². The Kier molecular flexibility index (Phi) is 3.47. The largest absolute Gasteiger partial charge is 0.396 e. The Balaban J connectivity index is 2.41. The van der Waals surface area contributed by atoms with E-state index in [1.54, 1.807) is 12.3 Å². The van der Waals surface area contributed by atoms with Gasteiger partial charge in [-0.05, 0) is 19.4 Å². The van der Waals surface area contributed by atoms with Gasteiger partial charge in [0.2, 0.25) is 0 Å². The first-order chi connectivity index (χ1) is 5.83. The summed E-state index contributed by atoms with van der Waals surface area (Å²) < 4.78 is 0. The van der Waals surface area contributed by atoms with E-state index < -0.39 is 0 Å². The summed E-state index contributed by atoms with van der Waals surface area (Å²) in [6, 6.07) is 2.04. The molecule has 4 heteroatoms. The summed E-state index contributed by atoms with van der Waals surface area (Å²) in [7, 11) is 0. The van der Waals surface area contributed by atoms with Gasteiger partial charge in [-0.3, -0.25) is 0 Å². The minimum Gasteiger partial charge on any atom is -0.396 e. The highest BCUT2D eigenvalue weighted by Crippen LogP contribution is 2.02. The Morgan fingerprint density at radius 2 is 2.50 bits per heavy atom. The van der Waals surface area contributed by atoms with E-state index in [4.69, 9.17) is 5.11 Å². The number of anilines is 1. The molecule has 0 fully saturated rings. The van der Waals surface area contributed by atoms with Crippen LogP contribution in [0.2, 0.25) is 0 Å². The average molecular weight is 167 g/mol. The fourth-order valence-electron chi connectivity index (χ4n) is 0.894. The lowest BCUT2D eigenvalue weighted by Crippen LogP contribution is -2.17. The van der Waals surface area contributed by atoms with Crippen molar-refractivity contribution in [1.29, 1.82) is 0 Å². The lowest BCUT2D eigenvalue weighted by Gasteiger charge is -2.11. The van der Waals surface area contributed by atoms with Gasteiger partial charge in [0.25, 0.3) is 0 Å². The van der Waals surface area contributed by atoms with Gasteiger partial charge in [-0.25, -0.2) is 9.97 Å². The molecule has 1 rings (SSSR count). The van der Waals surface area contributed by atoms with Crippen LogP contribution in [0.1, 0.15) is 13.3 Å². The predicted molar refractivity (Wildman–Crippen MR) is 46.8 cm³/mol. The maximum absolute atomic E-state index is 8.64. The van der Waals surface area contributed by atoms with Crippen molar-refractivity contribution in [2.75, 3.05) is 11.9 Å². The van der Waals surface area contributed by atoms with Crippen molar-refractivity contribution < 1.29 is 5.11 Å². The first kappa shape index (κ1) is 8.93. The van der Waals surface area contributed by atoms with E-state index in [2.05, 4.69) is 15.3 Å². The van der Waals surface area contributed by atoms with Gasteiger partial charge in [-0.2, -0.15) is 0 Å². The molecule has 1 aromatic rings. The molecule has 4 nitrogen and oxygen atoms in total. The highest BCUT2D eigenvalue weighted by atomic mass is 16.3. The Morgan fingerprint density at radius 1 is 1.67 bits per heavy atom. The molecule has 0 aromatic carbocycles. The summed E-state index contributed by atoms with van der Waals surface area (Å²) >= 11 is 0. The molecular formula is C8H13N3O. The minimum absolute atomic E-state index is 0.194. The number of hydrogen-bond acceptors (Lipinski definition) is 4. The third-order valence-electron chi connectivity index (χ3n) is 1.54. The van der Waals surface area contributed by atoms with Crippen LogP contribution in [0.25, 0.3) is 0 Å². The number of aliphatic hydroxyl groups excluding tert-OH is 1. The molecule has 1 heterocycles. The Labute approximate surface area is 71.7 Å². The van der Waals surface area contributed by atoms with Crippen molar-refractivity contribution in [3.8, 4) is 0 Å². The van der Waals surface area contributed by atoms with Crippen LogP contribution in [0.4, 0.5) is 5.82 Å². The van der Waals surface area contributed by atoms with E-state index >= 15 is 0 Å². The SMILES string of the molecule is CC(CCO)Nc1ccncn1. The normalized spacial score (nSPS) is 12.5. The highest BCUT2D eigenvalue weighted by Gasteiger charge is 2.00. The van der Waals surface area contributed by atoms with E-state index in [9.17, 15) is 0 Å². The van der Waals surface area contributed by atoms with Gasteiger partial charge in [-0.15, -0.1) is 0 Å². The standard InChI is InChI=1S/C8H13N3O/c1-7(3-5-12)11-8-2-4-9-6-10-8/h2,4,6-7,12H,3,5H2,1H3,(H,9,10,11). The molecule has 0 saturated heterocycles. The zero-order valence-corrected chi connectivity index (χ0v) is 7.07. The van der Waals surface area contributed by atoms with E-state index in [1.165, 1.54) is 6.33 Å². The first-order valence-corrected chi connectivity index (χ1v) is 3.96. The molecule has 1 aromatic heterocycles. The first-order valence-electron chi connectivity index (χ1n) is 3.96. The minimum atomic E-state index is 0.194.